The quantitative estimate of drug-likeness (QED) is 0.894. The number of hydrogen-bond acceptors (Lipinski definition) is 4. The zero-order valence-electron chi connectivity index (χ0n) is 11.2. The Kier molecular flexibility index (Phi) is 4.05. The van der Waals surface area contributed by atoms with Crippen LogP contribution in [0.4, 0.5) is 5.13 Å². The van der Waals surface area contributed by atoms with Crippen molar-refractivity contribution in [3.8, 4) is 0 Å². The van der Waals surface area contributed by atoms with Crippen LogP contribution in [0.1, 0.15) is 38.9 Å². The second-order valence-electron chi connectivity index (χ2n) is 5.30. The van der Waals surface area contributed by atoms with E-state index in [1.165, 1.54) is 30.3 Å². The Balaban J connectivity index is 2.02. The Hall–Kier alpha value is -0.610. The lowest BCUT2D eigenvalue weighted by atomic mass is 9.95. The topological polar surface area (TPSA) is 28.2 Å². The molecule has 2 unspecified atom stereocenters. The minimum absolute atomic E-state index is 0.350. The molecule has 3 nitrogen and oxygen atoms in total. The number of aromatic nitrogens is 1. The van der Waals surface area contributed by atoms with Gasteiger partial charge in [0, 0.05) is 24.5 Å². The van der Waals surface area contributed by atoms with Gasteiger partial charge in [0.1, 0.15) is 0 Å². The summed E-state index contributed by atoms with van der Waals surface area (Å²) in [6, 6.07) is 0.350. The molecule has 0 bridgehead atoms. The van der Waals surface area contributed by atoms with Gasteiger partial charge in [-0.05, 0) is 32.2 Å². The molecule has 0 radical (unpaired) electrons. The fourth-order valence-corrected chi connectivity index (χ4v) is 3.23. The maximum absolute atomic E-state index is 4.74. The van der Waals surface area contributed by atoms with Gasteiger partial charge in [-0.1, -0.05) is 13.8 Å². The molecule has 1 saturated heterocycles. The molecule has 4 heteroatoms. The molecular formula is C13H23N3S. The average Bonchev–Trinajstić information content (AvgIpc) is 2.95. The Labute approximate surface area is 108 Å². The normalized spacial score (nSPS) is 22.4. The molecule has 0 spiro atoms. The molecule has 0 saturated carbocycles. The van der Waals surface area contributed by atoms with Crippen molar-refractivity contribution >= 4 is 16.5 Å². The van der Waals surface area contributed by atoms with E-state index in [4.69, 9.17) is 4.98 Å². The highest BCUT2D eigenvalue weighted by molar-refractivity contribution is 7.13. The summed E-state index contributed by atoms with van der Waals surface area (Å²) in [6.45, 7) is 9.15. The van der Waals surface area contributed by atoms with Crippen molar-refractivity contribution in [2.75, 3.05) is 25.0 Å². The van der Waals surface area contributed by atoms with Crippen LogP contribution in [-0.2, 0) is 0 Å². The van der Waals surface area contributed by atoms with Crippen molar-refractivity contribution < 1.29 is 0 Å². The van der Waals surface area contributed by atoms with E-state index in [0.717, 1.165) is 11.8 Å². The van der Waals surface area contributed by atoms with Crippen molar-refractivity contribution in [1.82, 2.24) is 10.3 Å². The van der Waals surface area contributed by atoms with Gasteiger partial charge in [-0.3, -0.25) is 0 Å². The summed E-state index contributed by atoms with van der Waals surface area (Å²) in [7, 11) is 1.98. The molecule has 2 atom stereocenters. The first kappa shape index (κ1) is 12.8. The van der Waals surface area contributed by atoms with E-state index in [9.17, 15) is 0 Å². The molecule has 1 aromatic heterocycles. The molecule has 1 aliphatic heterocycles. The van der Waals surface area contributed by atoms with Crippen LogP contribution in [0, 0.1) is 11.8 Å². The second kappa shape index (κ2) is 5.36. The molecule has 1 N–H and O–H groups in total. The molecule has 0 aromatic carbocycles. The van der Waals surface area contributed by atoms with Crippen LogP contribution in [0.3, 0.4) is 0 Å². The van der Waals surface area contributed by atoms with Gasteiger partial charge in [0.05, 0.1) is 5.69 Å². The van der Waals surface area contributed by atoms with Crippen LogP contribution in [-0.4, -0.2) is 25.1 Å². The molecule has 2 heterocycles. The summed E-state index contributed by atoms with van der Waals surface area (Å²) in [6.07, 6.45) is 1.31. The van der Waals surface area contributed by atoms with E-state index in [-0.39, 0.29) is 0 Å². The minimum atomic E-state index is 0.350. The Bertz CT molecular complexity index is 361. The van der Waals surface area contributed by atoms with E-state index in [1.54, 1.807) is 11.3 Å². The van der Waals surface area contributed by atoms with Crippen molar-refractivity contribution in [3.63, 3.8) is 0 Å². The lowest BCUT2D eigenvalue weighted by molar-refractivity contribution is 0.422. The van der Waals surface area contributed by atoms with E-state index in [1.807, 2.05) is 7.05 Å². The first-order chi connectivity index (χ1) is 8.11. The first-order valence-corrected chi connectivity index (χ1v) is 7.37. The zero-order chi connectivity index (χ0) is 12.4. The maximum atomic E-state index is 4.74. The van der Waals surface area contributed by atoms with Crippen molar-refractivity contribution in [3.05, 3.63) is 11.1 Å². The molecule has 1 aromatic rings. The molecule has 17 heavy (non-hydrogen) atoms. The largest absolute Gasteiger partial charge is 0.348 e. The minimum Gasteiger partial charge on any atom is -0.348 e. The van der Waals surface area contributed by atoms with E-state index >= 15 is 0 Å². The van der Waals surface area contributed by atoms with Gasteiger partial charge in [-0.15, -0.1) is 11.3 Å². The van der Waals surface area contributed by atoms with E-state index in [0.29, 0.717) is 6.04 Å². The van der Waals surface area contributed by atoms with Crippen molar-refractivity contribution in [1.29, 1.82) is 0 Å². The monoisotopic (exact) mass is 253 g/mol. The predicted octanol–water partition coefficient (Wildman–Crippen LogP) is 2.91. The fourth-order valence-electron chi connectivity index (χ4n) is 2.27. The summed E-state index contributed by atoms with van der Waals surface area (Å²) >= 11 is 1.78. The summed E-state index contributed by atoms with van der Waals surface area (Å²) in [4.78, 5) is 7.18. The van der Waals surface area contributed by atoms with Crippen LogP contribution >= 0.6 is 11.3 Å². The molecular weight excluding hydrogens is 230 g/mol. The Morgan fingerprint density at radius 1 is 1.47 bits per heavy atom. The van der Waals surface area contributed by atoms with Gasteiger partial charge in [0.15, 0.2) is 5.13 Å². The fraction of sp³-hybridized carbons (Fsp3) is 0.769. The highest BCUT2D eigenvalue weighted by Crippen LogP contribution is 2.31. The van der Waals surface area contributed by atoms with E-state index in [2.05, 4.69) is 36.4 Å². The number of thiazole rings is 1. The van der Waals surface area contributed by atoms with Gasteiger partial charge in [0.25, 0.3) is 0 Å². The molecule has 1 fully saturated rings. The smallest absolute Gasteiger partial charge is 0.185 e. The summed E-state index contributed by atoms with van der Waals surface area (Å²) < 4.78 is 0. The standard InChI is InChI=1S/C13H23N3S/c1-9(2)11-5-6-16(7-11)13-15-12(8-17-13)10(3)14-4/h8-11,14H,5-7H2,1-4H3. The Morgan fingerprint density at radius 2 is 2.24 bits per heavy atom. The van der Waals surface area contributed by atoms with Crippen LogP contribution in [0.25, 0.3) is 0 Å². The second-order valence-corrected chi connectivity index (χ2v) is 6.14. The molecule has 0 aliphatic carbocycles. The van der Waals surface area contributed by atoms with Crippen molar-refractivity contribution in [2.24, 2.45) is 11.8 Å². The third kappa shape index (κ3) is 2.80. The lowest BCUT2D eigenvalue weighted by Crippen LogP contribution is -2.21. The number of hydrogen-bond donors (Lipinski definition) is 1. The average molecular weight is 253 g/mol. The number of rotatable bonds is 4. The summed E-state index contributed by atoms with van der Waals surface area (Å²) in [5, 5.41) is 6.62. The third-order valence-electron chi connectivity index (χ3n) is 3.82. The highest BCUT2D eigenvalue weighted by atomic mass is 32.1. The summed E-state index contributed by atoms with van der Waals surface area (Å²) in [5.41, 5.74) is 1.17. The SMILES string of the molecule is CNC(C)c1csc(N2CCC(C(C)C)C2)n1. The number of nitrogens with one attached hydrogen (secondary N) is 1. The lowest BCUT2D eigenvalue weighted by Gasteiger charge is -2.17. The summed E-state index contributed by atoms with van der Waals surface area (Å²) in [5.74, 6) is 1.62. The zero-order valence-corrected chi connectivity index (χ0v) is 12.0. The molecule has 1 aliphatic rings. The van der Waals surface area contributed by atoms with Crippen LogP contribution in [0.2, 0.25) is 0 Å². The van der Waals surface area contributed by atoms with Gasteiger partial charge in [0.2, 0.25) is 0 Å². The number of anilines is 1. The van der Waals surface area contributed by atoms with Crippen LogP contribution in [0.15, 0.2) is 5.38 Å². The molecule has 96 valence electrons. The number of nitrogens with zero attached hydrogens (tertiary/aromatic N) is 2. The molecule has 0 amide bonds. The van der Waals surface area contributed by atoms with E-state index < -0.39 is 0 Å². The van der Waals surface area contributed by atoms with Gasteiger partial charge >= 0.3 is 0 Å². The first-order valence-electron chi connectivity index (χ1n) is 6.49. The van der Waals surface area contributed by atoms with Gasteiger partial charge < -0.3 is 10.2 Å². The van der Waals surface area contributed by atoms with Gasteiger partial charge in [-0.2, -0.15) is 0 Å². The van der Waals surface area contributed by atoms with Crippen LogP contribution in [0.5, 0.6) is 0 Å². The van der Waals surface area contributed by atoms with Crippen molar-refractivity contribution in [2.45, 2.75) is 33.2 Å². The highest BCUT2D eigenvalue weighted by Gasteiger charge is 2.26. The van der Waals surface area contributed by atoms with Gasteiger partial charge in [-0.25, -0.2) is 4.98 Å². The molecule has 2 rings (SSSR count). The maximum Gasteiger partial charge on any atom is 0.185 e. The van der Waals surface area contributed by atoms with Crippen LogP contribution < -0.4 is 10.2 Å². The predicted molar refractivity (Wildman–Crippen MR) is 74.7 cm³/mol. The third-order valence-corrected chi connectivity index (χ3v) is 4.74. The Morgan fingerprint density at radius 3 is 2.82 bits per heavy atom.